The fourth-order valence-corrected chi connectivity index (χ4v) is 4.24. The quantitative estimate of drug-likeness (QED) is 0.236. The van der Waals surface area contributed by atoms with Crippen molar-refractivity contribution in [2.45, 2.75) is 38.5 Å². The summed E-state index contributed by atoms with van der Waals surface area (Å²) in [6.45, 7) is 8.01. The molecule has 1 aliphatic heterocycles. The number of benzene rings is 2. The van der Waals surface area contributed by atoms with E-state index in [1.165, 1.54) is 30.5 Å². The highest BCUT2D eigenvalue weighted by Crippen LogP contribution is 2.38. The molecule has 1 aliphatic rings. The molecular weight excluding hydrogens is 548 g/mol. The van der Waals surface area contributed by atoms with Gasteiger partial charge in [0.05, 0.1) is 36.2 Å². The average molecular weight is 582 g/mol. The van der Waals surface area contributed by atoms with Gasteiger partial charge in [-0.1, -0.05) is 24.3 Å². The predicted molar refractivity (Wildman–Crippen MR) is 147 cm³/mol. The molecule has 2 aromatic carbocycles. The van der Waals surface area contributed by atoms with Crippen LogP contribution < -0.4 is 9.80 Å². The summed E-state index contributed by atoms with van der Waals surface area (Å²) < 4.78 is 80.9. The number of hydrogen-bond donors (Lipinski definition) is 0. The van der Waals surface area contributed by atoms with E-state index in [0.29, 0.717) is 18.4 Å². The third-order valence-electron chi connectivity index (χ3n) is 6.75. The standard InChI is InChI=1S/C18H23N3O.C12H10F6O/c1-14-6-4-5-7-15(14)16-12-18(19-13-17(16)20(2)3)21-8-10-22-11-9-21;1-10(2,6-19)7-3-8(11(13,14)15)5-9(4-7)12(16,17)18/h4-7,12-13H,8-11H2,1-3H3;3-6H,1-2H3. The number of morpholine rings is 1. The van der Waals surface area contributed by atoms with Gasteiger partial charge in [0.2, 0.25) is 0 Å². The zero-order valence-electron chi connectivity index (χ0n) is 23.5. The molecule has 3 aromatic rings. The Labute approximate surface area is 235 Å². The van der Waals surface area contributed by atoms with Crippen molar-refractivity contribution in [2.75, 3.05) is 50.2 Å². The maximum absolute atomic E-state index is 12.6. The van der Waals surface area contributed by atoms with Crippen LogP contribution in [0.15, 0.2) is 54.7 Å². The number of hydrogen-bond acceptors (Lipinski definition) is 5. The molecule has 4 rings (SSSR count). The molecule has 0 saturated carbocycles. The van der Waals surface area contributed by atoms with Crippen LogP contribution in [0.5, 0.6) is 0 Å². The largest absolute Gasteiger partial charge is 0.416 e. The van der Waals surface area contributed by atoms with Crippen molar-refractivity contribution in [3.05, 3.63) is 77.0 Å². The Hall–Kier alpha value is -3.60. The molecule has 1 saturated heterocycles. The monoisotopic (exact) mass is 581 g/mol. The molecule has 0 unspecified atom stereocenters. The summed E-state index contributed by atoms with van der Waals surface area (Å²) in [6.07, 6.45) is -7.53. The lowest BCUT2D eigenvalue weighted by molar-refractivity contribution is -0.143. The molecule has 1 fully saturated rings. The first-order valence-corrected chi connectivity index (χ1v) is 12.9. The van der Waals surface area contributed by atoms with E-state index in [-0.39, 0.29) is 11.6 Å². The van der Waals surface area contributed by atoms with Gasteiger partial charge in [-0.15, -0.1) is 0 Å². The van der Waals surface area contributed by atoms with Gasteiger partial charge >= 0.3 is 12.4 Å². The number of aryl methyl sites for hydroxylation is 1. The smallest absolute Gasteiger partial charge is 0.378 e. The first-order chi connectivity index (χ1) is 19.0. The number of rotatable bonds is 5. The molecule has 11 heteroatoms. The van der Waals surface area contributed by atoms with Crippen LogP contribution >= 0.6 is 0 Å². The fourth-order valence-electron chi connectivity index (χ4n) is 4.24. The molecule has 0 bridgehead atoms. The average Bonchev–Trinajstić information content (AvgIpc) is 2.92. The topological polar surface area (TPSA) is 45.7 Å². The molecule has 0 radical (unpaired) electrons. The summed E-state index contributed by atoms with van der Waals surface area (Å²) in [5, 5.41) is 0. The Kier molecular flexibility index (Phi) is 9.73. The lowest BCUT2D eigenvalue weighted by Gasteiger charge is -2.29. The van der Waals surface area contributed by atoms with Gasteiger partial charge in [0.25, 0.3) is 0 Å². The normalized spacial score (nSPS) is 14.3. The van der Waals surface area contributed by atoms with Crippen LogP contribution in [0.1, 0.15) is 36.1 Å². The van der Waals surface area contributed by atoms with E-state index in [1.807, 2.05) is 6.20 Å². The Morgan fingerprint density at radius 1 is 0.854 bits per heavy atom. The lowest BCUT2D eigenvalue weighted by atomic mass is 9.84. The molecule has 0 amide bonds. The molecule has 41 heavy (non-hydrogen) atoms. The van der Waals surface area contributed by atoms with Crippen molar-refractivity contribution in [2.24, 2.45) is 0 Å². The van der Waals surface area contributed by atoms with E-state index in [9.17, 15) is 31.1 Å². The van der Waals surface area contributed by atoms with E-state index < -0.39 is 28.9 Å². The summed E-state index contributed by atoms with van der Waals surface area (Å²) in [5.41, 5.74) is 0.323. The molecule has 0 spiro atoms. The third-order valence-corrected chi connectivity index (χ3v) is 6.75. The Bertz CT molecular complexity index is 1310. The number of nitrogens with zero attached hydrogens (tertiary/aromatic N) is 3. The van der Waals surface area contributed by atoms with Crippen LogP contribution in [0, 0.1) is 6.92 Å². The van der Waals surface area contributed by atoms with Crippen LogP contribution in [-0.4, -0.2) is 51.7 Å². The maximum atomic E-state index is 12.6. The van der Waals surface area contributed by atoms with Crippen molar-refractivity contribution in [1.82, 2.24) is 4.98 Å². The SMILES string of the molecule is CC(C)(C=O)c1cc(C(F)(F)F)cc(C(F)(F)F)c1.Cc1ccccc1-c1cc(N2CCOCC2)ncc1N(C)C. The minimum Gasteiger partial charge on any atom is -0.378 e. The van der Waals surface area contributed by atoms with E-state index in [1.54, 1.807) is 0 Å². The first-order valence-electron chi connectivity index (χ1n) is 12.9. The molecule has 5 nitrogen and oxygen atoms in total. The van der Waals surface area contributed by atoms with E-state index in [2.05, 4.69) is 66.1 Å². The number of anilines is 2. The molecule has 222 valence electrons. The highest BCUT2D eigenvalue weighted by Gasteiger charge is 2.38. The van der Waals surface area contributed by atoms with Crippen LogP contribution in [0.25, 0.3) is 11.1 Å². The highest BCUT2D eigenvalue weighted by molar-refractivity contribution is 5.82. The molecule has 0 aliphatic carbocycles. The highest BCUT2D eigenvalue weighted by atomic mass is 19.4. The van der Waals surface area contributed by atoms with Crippen LogP contribution in [0.3, 0.4) is 0 Å². The maximum Gasteiger partial charge on any atom is 0.416 e. The zero-order valence-corrected chi connectivity index (χ0v) is 23.5. The van der Waals surface area contributed by atoms with Gasteiger partial charge in [-0.3, -0.25) is 0 Å². The Morgan fingerprint density at radius 2 is 1.39 bits per heavy atom. The molecule has 0 atom stereocenters. The van der Waals surface area contributed by atoms with Gasteiger partial charge in [0.1, 0.15) is 12.1 Å². The molecular formula is C30H33F6N3O2. The second kappa shape index (κ2) is 12.5. The molecule has 2 heterocycles. The van der Waals surface area contributed by atoms with Crippen molar-refractivity contribution < 1.29 is 35.9 Å². The summed E-state index contributed by atoms with van der Waals surface area (Å²) in [6, 6.07) is 11.9. The van der Waals surface area contributed by atoms with E-state index in [4.69, 9.17) is 4.74 Å². The number of halogens is 6. The predicted octanol–water partition coefficient (Wildman–Crippen LogP) is 7.16. The minimum atomic E-state index is -4.91. The van der Waals surface area contributed by atoms with Crippen molar-refractivity contribution >= 4 is 17.8 Å². The minimum absolute atomic E-state index is 0.0321. The second-order valence-corrected chi connectivity index (χ2v) is 10.5. The van der Waals surface area contributed by atoms with Crippen molar-refractivity contribution in [3.8, 4) is 11.1 Å². The number of carbonyl (C=O) groups is 1. The third kappa shape index (κ3) is 8.00. The lowest BCUT2D eigenvalue weighted by Crippen LogP contribution is -2.36. The Balaban J connectivity index is 0.000000229. The number of pyridine rings is 1. The van der Waals surface area contributed by atoms with Gasteiger partial charge in [-0.05, 0) is 61.7 Å². The fraction of sp³-hybridized carbons (Fsp3) is 0.400. The number of aldehydes is 1. The van der Waals surface area contributed by atoms with Crippen LogP contribution in [0.2, 0.25) is 0 Å². The number of carbonyl (C=O) groups excluding carboxylic acids is 1. The Morgan fingerprint density at radius 3 is 1.88 bits per heavy atom. The van der Waals surface area contributed by atoms with Gasteiger partial charge in [-0.2, -0.15) is 26.3 Å². The number of aromatic nitrogens is 1. The van der Waals surface area contributed by atoms with Crippen LogP contribution in [0.4, 0.5) is 37.8 Å². The second-order valence-electron chi connectivity index (χ2n) is 10.5. The van der Waals surface area contributed by atoms with Crippen molar-refractivity contribution in [1.29, 1.82) is 0 Å². The van der Waals surface area contributed by atoms with Crippen LogP contribution in [-0.2, 0) is 27.3 Å². The van der Waals surface area contributed by atoms with Gasteiger partial charge in [0, 0.05) is 38.2 Å². The molecule has 0 N–H and O–H groups in total. The molecule has 1 aromatic heterocycles. The van der Waals surface area contributed by atoms with Gasteiger partial charge < -0.3 is 19.3 Å². The summed E-state index contributed by atoms with van der Waals surface area (Å²) in [5.74, 6) is 1.03. The summed E-state index contributed by atoms with van der Waals surface area (Å²) in [7, 11) is 4.13. The van der Waals surface area contributed by atoms with E-state index in [0.717, 1.165) is 37.8 Å². The van der Waals surface area contributed by atoms with Crippen molar-refractivity contribution in [3.63, 3.8) is 0 Å². The van der Waals surface area contributed by atoms with Gasteiger partial charge in [-0.25, -0.2) is 4.98 Å². The number of ether oxygens (including phenoxy) is 1. The number of alkyl halides is 6. The first kappa shape index (κ1) is 31.9. The van der Waals surface area contributed by atoms with Gasteiger partial charge in [0.15, 0.2) is 0 Å². The summed E-state index contributed by atoms with van der Waals surface area (Å²) in [4.78, 5) is 19.9. The summed E-state index contributed by atoms with van der Waals surface area (Å²) >= 11 is 0. The zero-order chi connectivity index (χ0) is 30.6. The van der Waals surface area contributed by atoms with E-state index >= 15 is 0 Å².